The maximum absolute atomic E-state index is 11.5. The first-order chi connectivity index (χ1) is 6.43. The third kappa shape index (κ3) is 2.32. The molecule has 0 aliphatic rings. The lowest BCUT2D eigenvalue weighted by atomic mass is 10.1. The van der Waals surface area contributed by atoms with Gasteiger partial charge in [0.1, 0.15) is 0 Å². The van der Waals surface area contributed by atoms with Gasteiger partial charge in [-0.25, -0.2) is 0 Å². The van der Waals surface area contributed by atoms with Gasteiger partial charge in [-0.15, -0.1) is 0 Å². The van der Waals surface area contributed by atoms with Crippen LogP contribution in [0.25, 0.3) is 0 Å². The Morgan fingerprint density at radius 1 is 1.64 bits per heavy atom. The van der Waals surface area contributed by atoms with Gasteiger partial charge in [-0.1, -0.05) is 12.2 Å². The van der Waals surface area contributed by atoms with E-state index in [4.69, 9.17) is 22.4 Å². The van der Waals surface area contributed by atoms with Gasteiger partial charge < -0.3 is 15.5 Å². The molecule has 4 nitrogen and oxygen atoms in total. The Morgan fingerprint density at radius 3 is 2.71 bits per heavy atom. The molecule has 0 radical (unpaired) electrons. The maximum Gasteiger partial charge on any atom is 0.287 e. The number of thiocarbonyl (C=S) groups is 1. The number of carbonyl (C=O) groups excluding carboxylic acids is 1. The van der Waals surface area contributed by atoms with Crippen LogP contribution in [0.3, 0.4) is 0 Å². The standard InChI is InChI=1S/C9H12N2O2S/c1-9(2,8(10)14)11-7(12)6-4-3-5-13-6/h3-5H,1-2H3,(H2,10,14)(H,11,12). The summed E-state index contributed by atoms with van der Waals surface area (Å²) in [5, 5.41) is 2.66. The number of nitrogens with one attached hydrogen (secondary N) is 1. The Kier molecular flexibility index (Phi) is 2.90. The van der Waals surface area contributed by atoms with E-state index in [9.17, 15) is 4.79 Å². The molecule has 0 fully saturated rings. The summed E-state index contributed by atoms with van der Waals surface area (Å²) in [7, 11) is 0. The smallest absolute Gasteiger partial charge is 0.287 e. The van der Waals surface area contributed by atoms with Gasteiger partial charge in [0.15, 0.2) is 5.76 Å². The molecule has 3 N–H and O–H groups in total. The minimum absolute atomic E-state index is 0.234. The molecule has 0 aliphatic heterocycles. The van der Waals surface area contributed by atoms with Gasteiger partial charge in [-0.05, 0) is 26.0 Å². The Labute approximate surface area is 87.5 Å². The fraction of sp³-hybridized carbons (Fsp3) is 0.333. The first-order valence-corrected chi connectivity index (χ1v) is 4.50. The Morgan fingerprint density at radius 2 is 2.29 bits per heavy atom. The number of hydrogen-bond acceptors (Lipinski definition) is 3. The predicted molar refractivity (Wildman–Crippen MR) is 57.0 cm³/mol. The van der Waals surface area contributed by atoms with Crippen LogP contribution in [0, 0.1) is 0 Å². The van der Waals surface area contributed by atoms with Crippen molar-refractivity contribution in [3.8, 4) is 0 Å². The second-order valence-corrected chi connectivity index (χ2v) is 3.86. The van der Waals surface area contributed by atoms with E-state index in [1.165, 1.54) is 6.26 Å². The van der Waals surface area contributed by atoms with Crippen molar-refractivity contribution >= 4 is 23.1 Å². The molecule has 1 rings (SSSR count). The highest BCUT2D eigenvalue weighted by molar-refractivity contribution is 7.80. The van der Waals surface area contributed by atoms with Crippen LogP contribution in [-0.2, 0) is 0 Å². The van der Waals surface area contributed by atoms with Crippen LogP contribution in [0.15, 0.2) is 22.8 Å². The molecular formula is C9H12N2O2S. The van der Waals surface area contributed by atoms with Crippen LogP contribution in [0.1, 0.15) is 24.4 Å². The predicted octanol–water partition coefficient (Wildman–Crippen LogP) is 1.07. The van der Waals surface area contributed by atoms with E-state index in [0.29, 0.717) is 0 Å². The summed E-state index contributed by atoms with van der Waals surface area (Å²) >= 11 is 4.81. The molecule has 76 valence electrons. The molecule has 0 aromatic carbocycles. The lowest BCUT2D eigenvalue weighted by Gasteiger charge is -2.23. The SMILES string of the molecule is CC(C)(NC(=O)c1ccco1)C(N)=S. The van der Waals surface area contributed by atoms with Crippen molar-refractivity contribution in [1.82, 2.24) is 5.32 Å². The average Bonchev–Trinajstić information content (AvgIpc) is 2.54. The first kappa shape index (κ1) is 10.7. The zero-order chi connectivity index (χ0) is 10.8. The molecule has 0 aliphatic carbocycles. The Hall–Kier alpha value is -1.36. The highest BCUT2D eigenvalue weighted by atomic mass is 32.1. The first-order valence-electron chi connectivity index (χ1n) is 4.09. The number of carbonyl (C=O) groups is 1. The summed E-state index contributed by atoms with van der Waals surface area (Å²) in [4.78, 5) is 11.7. The van der Waals surface area contributed by atoms with Gasteiger partial charge in [0.25, 0.3) is 5.91 Å². The molecule has 0 spiro atoms. The van der Waals surface area contributed by atoms with Gasteiger partial charge in [0.2, 0.25) is 0 Å². The van der Waals surface area contributed by atoms with Gasteiger partial charge in [0.05, 0.1) is 16.8 Å². The number of nitrogens with two attached hydrogens (primary N) is 1. The number of amides is 1. The molecule has 0 saturated carbocycles. The van der Waals surface area contributed by atoms with Crippen molar-refractivity contribution in [2.24, 2.45) is 5.73 Å². The van der Waals surface area contributed by atoms with Crippen molar-refractivity contribution in [2.75, 3.05) is 0 Å². The summed E-state index contributed by atoms with van der Waals surface area (Å²) in [5.41, 5.74) is 4.75. The van der Waals surface area contributed by atoms with Gasteiger partial charge in [0, 0.05) is 0 Å². The lowest BCUT2D eigenvalue weighted by molar-refractivity contribution is 0.0904. The largest absolute Gasteiger partial charge is 0.459 e. The number of furan rings is 1. The van der Waals surface area contributed by atoms with Gasteiger partial charge >= 0.3 is 0 Å². The zero-order valence-corrected chi connectivity index (χ0v) is 8.85. The molecule has 1 aromatic rings. The second kappa shape index (κ2) is 3.79. The van der Waals surface area contributed by atoms with Crippen LogP contribution >= 0.6 is 12.2 Å². The fourth-order valence-corrected chi connectivity index (χ4v) is 0.866. The fourth-order valence-electron chi connectivity index (χ4n) is 0.815. The van der Waals surface area contributed by atoms with E-state index < -0.39 is 5.54 Å². The van der Waals surface area contributed by atoms with Crippen molar-refractivity contribution in [1.29, 1.82) is 0 Å². The van der Waals surface area contributed by atoms with E-state index in [-0.39, 0.29) is 16.7 Å². The van der Waals surface area contributed by atoms with E-state index in [1.54, 1.807) is 26.0 Å². The van der Waals surface area contributed by atoms with Crippen LogP contribution in [-0.4, -0.2) is 16.4 Å². The molecule has 0 atom stereocenters. The van der Waals surface area contributed by atoms with Gasteiger partial charge in [-0.2, -0.15) is 0 Å². The molecule has 14 heavy (non-hydrogen) atoms. The van der Waals surface area contributed by atoms with E-state index in [1.807, 2.05) is 0 Å². The molecular weight excluding hydrogens is 200 g/mol. The highest BCUT2D eigenvalue weighted by Crippen LogP contribution is 2.06. The summed E-state index contributed by atoms with van der Waals surface area (Å²) in [6.45, 7) is 3.46. The normalized spacial score (nSPS) is 11.0. The van der Waals surface area contributed by atoms with Crippen LogP contribution < -0.4 is 11.1 Å². The molecule has 1 amide bonds. The molecule has 0 unspecified atom stereocenters. The highest BCUT2D eigenvalue weighted by Gasteiger charge is 2.24. The average molecular weight is 212 g/mol. The van der Waals surface area contributed by atoms with Crippen molar-refractivity contribution in [3.05, 3.63) is 24.2 Å². The minimum atomic E-state index is -0.709. The zero-order valence-electron chi connectivity index (χ0n) is 8.03. The summed E-state index contributed by atoms with van der Waals surface area (Å²) in [5.74, 6) is -0.0814. The van der Waals surface area contributed by atoms with E-state index in [2.05, 4.69) is 5.32 Å². The van der Waals surface area contributed by atoms with Gasteiger partial charge in [-0.3, -0.25) is 4.79 Å². The van der Waals surface area contributed by atoms with Crippen molar-refractivity contribution < 1.29 is 9.21 Å². The molecule has 0 saturated heterocycles. The number of hydrogen-bond donors (Lipinski definition) is 2. The minimum Gasteiger partial charge on any atom is -0.459 e. The molecule has 1 heterocycles. The number of rotatable bonds is 3. The second-order valence-electron chi connectivity index (χ2n) is 3.42. The summed E-state index contributed by atoms with van der Waals surface area (Å²) < 4.78 is 4.92. The van der Waals surface area contributed by atoms with Crippen LogP contribution in [0.5, 0.6) is 0 Å². The molecule has 1 aromatic heterocycles. The van der Waals surface area contributed by atoms with E-state index >= 15 is 0 Å². The quantitative estimate of drug-likeness (QED) is 0.735. The van der Waals surface area contributed by atoms with Crippen molar-refractivity contribution in [3.63, 3.8) is 0 Å². The molecule has 5 heteroatoms. The van der Waals surface area contributed by atoms with Crippen molar-refractivity contribution in [2.45, 2.75) is 19.4 Å². The van der Waals surface area contributed by atoms with Crippen LogP contribution in [0.4, 0.5) is 0 Å². The van der Waals surface area contributed by atoms with E-state index in [0.717, 1.165) is 0 Å². The Balaban J connectivity index is 2.71. The Bertz CT molecular complexity index is 344. The maximum atomic E-state index is 11.5. The molecule has 0 bridgehead atoms. The summed E-state index contributed by atoms with van der Waals surface area (Å²) in [6, 6.07) is 3.22. The third-order valence-electron chi connectivity index (χ3n) is 1.79. The third-order valence-corrected chi connectivity index (χ3v) is 2.30. The summed E-state index contributed by atoms with van der Waals surface area (Å²) in [6.07, 6.45) is 1.43. The van der Waals surface area contributed by atoms with Crippen LogP contribution in [0.2, 0.25) is 0 Å². The lowest BCUT2D eigenvalue weighted by Crippen LogP contribution is -2.52. The topological polar surface area (TPSA) is 68.3 Å². The monoisotopic (exact) mass is 212 g/mol.